The summed E-state index contributed by atoms with van der Waals surface area (Å²) in [5, 5.41) is 0. The molecular weight excluding hydrogens is 383 g/mol. The Morgan fingerprint density at radius 1 is 1.19 bits per heavy atom. The number of nitrogens with one attached hydrogen (secondary N) is 1. The lowest BCUT2D eigenvalue weighted by molar-refractivity contribution is 0.171. The zero-order chi connectivity index (χ0) is 14.4. The van der Waals surface area contributed by atoms with Gasteiger partial charge in [0.05, 0.1) is 9.26 Å². The molecule has 1 aliphatic heterocycles. The van der Waals surface area contributed by atoms with Gasteiger partial charge >= 0.3 is 0 Å². The van der Waals surface area contributed by atoms with Crippen molar-refractivity contribution in [3.8, 4) is 22.9 Å². The van der Waals surface area contributed by atoms with Gasteiger partial charge in [0.1, 0.15) is 19.0 Å². The molecule has 1 N–H and O–H groups in total. The van der Waals surface area contributed by atoms with Gasteiger partial charge in [0, 0.05) is 11.5 Å². The summed E-state index contributed by atoms with van der Waals surface area (Å²) in [6, 6.07) is 5.63. The molecule has 1 fully saturated rings. The van der Waals surface area contributed by atoms with Crippen LogP contribution in [0.4, 0.5) is 0 Å². The van der Waals surface area contributed by atoms with Crippen LogP contribution in [-0.4, -0.2) is 23.2 Å². The highest BCUT2D eigenvalue weighted by molar-refractivity contribution is 14.1. The SMILES string of the molecule is O=c1[nH]c(-c2ccc3c(c2)OCCO3)nc(C2CC2)c1I. The third kappa shape index (κ3) is 2.41. The van der Waals surface area contributed by atoms with Crippen LogP contribution in [0.2, 0.25) is 0 Å². The maximum Gasteiger partial charge on any atom is 0.264 e. The summed E-state index contributed by atoms with van der Waals surface area (Å²) >= 11 is 2.08. The lowest BCUT2D eigenvalue weighted by atomic mass is 10.1. The van der Waals surface area contributed by atoms with Crippen molar-refractivity contribution in [3.05, 3.63) is 37.8 Å². The van der Waals surface area contributed by atoms with Gasteiger partial charge in [-0.05, 0) is 53.6 Å². The number of ether oxygens (including phenoxy) is 2. The van der Waals surface area contributed by atoms with Gasteiger partial charge in [0.25, 0.3) is 5.56 Å². The van der Waals surface area contributed by atoms with E-state index in [1.54, 1.807) is 0 Å². The number of nitrogens with zero attached hydrogens (tertiary/aromatic N) is 1. The quantitative estimate of drug-likeness (QED) is 0.794. The standard InChI is InChI=1S/C15H13IN2O3/c16-12-13(8-1-2-8)17-14(18-15(12)19)9-3-4-10-11(7-9)21-6-5-20-10/h3-4,7-8H,1-2,5-6H2,(H,17,18,19). The fraction of sp³-hybridized carbons (Fsp3) is 0.333. The number of fused-ring (bicyclic) bond motifs is 1. The van der Waals surface area contributed by atoms with Gasteiger partial charge < -0.3 is 14.5 Å². The molecule has 0 unspecified atom stereocenters. The Kier molecular flexibility index (Phi) is 3.13. The monoisotopic (exact) mass is 396 g/mol. The molecule has 1 aromatic heterocycles. The molecule has 108 valence electrons. The Bertz CT molecular complexity index is 768. The third-order valence-corrected chi connectivity index (χ3v) is 4.71. The summed E-state index contributed by atoms with van der Waals surface area (Å²) in [6.07, 6.45) is 2.24. The molecule has 5 nitrogen and oxygen atoms in total. The number of rotatable bonds is 2. The van der Waals surface area contributed by atoms with E-state index in [1.807, 2.05) is 18.2 Å². The number of H-pyrrole nitrogens is 1. The van der Waals surface area contributed by atoms with Crippen molar-refractivity contribution in [2.75, 3.05) is 13.2 Å². The van der Waals surface area contributed by atoms with Crippen LogP contribution in [0.3, 0.4) is 0 Å². The topological polar surface area (TPSA) is 64.2 Å². The molecule has 2 aromatic rings. The molecule has 0 spiro atoms. The molecule has 1 aliphatic carbocycles. The van der Waals surface area contributed by atoms with E-state index in [0.29, 0.717) is 34.3 Å². The van der Waals surface area contributed by atoms with Crippen molar-refractivity contribution in [1.82, 2.24) is 9.97 Å². The van der Waals surface area contributed by atoms with Crippen LogP contribution in [0.15, 0.2) is 23.0 Å². The second kappa shape index (κ2) is 5.01. The first-order chi connectivity index (χ1) is 10.2. The minimum atomic E-state index is -0.0719. The van der Waals surface area contributed by atoms with Crippen molar-refractivity contribution in [2.24, 2.45) is 0 Å². The first-order valence-corrected chi connectivity index (χ1v) is 8.00. The van der Waals surface area contributed by atoms with Gasteiger partial charge in [-0.2, -0.15) is 0 Å². The van der Waals surface area contributed by atoms with Crippen molar-refractivity contribution in [3.63, 3.8) is 0 Å². The number of aromatic amines is 1. The van der Waals surface area contributed by atoms with Crippen LogP contribution in [0.1, 0.15) is 24.5 Å². The lowest BCUT2D eigenvalue weighted by Gasteiger charge is -2.18. The Morgan fingerprint density at radius 3 is 2.71 bits per heavy atom. The van der Waals surface area contributed by atoms with Crippen LogP contribution >= 0.6 is 22.6 Å². The van der Waals surface area contributed by atoms with Gasteiger partial charge in [-0.1, -0.05) is 0 Å². The summed E-state index contributed by atoms with van der Waals surface area (Å²) in [5.74, 6) is 2.47. The average molecular weight is 396 g/mol. The largest absolute Gasteiger partial charge is 0.486 e. The van der Waals surface area contributed by atoms with Gasteiger partial charge in [-0.25, -0.2) is 4.98 Å². The van der Waals surface area contributed by atoms with Crippen LogP contribution in [0.5, 0.6) is 11.5 Å². The summed E-state index contributed by atoms with van der Waals surface area (Å²) in [7, 11) is 0. The highest BCUT2D eigenvalue weighted by Crippen LogP contribution is 2.41. The third-order valence-electron chi connectivity index (χ3n) is 3.67. The zero-order valence-electron chi connectivity index (χ0n) is 11.2. The van der Waals surface area contributed by atoms with E-state index < -0.39 is 0 Å². The zero-order valence-corrected chi connectivity index (χ0v) is 13.3. The molecule has 0 saturated heterocycles. The molecular formula is C15H13IN2O3. The van der Waals surface area contributed by atoms with E-state index in [-0.39, 0.29) is 5.56 Å². The Balaban J connectivity index is 1.81. The number of hydrogen-bond acceptors (Lipinski definition) is 4. The Morgan fingerprint density at radius 2 is 1.95 bits per heavy atom. The number of benzene rings is 1. The fourth-order valence-corrected chi connectivity index (χ4v) is 3.13. The van der Waals surface area contributed by atoms with E-state index in [2.05, 4.69) is 32.6 Å². The number of aromatic nitrogens is 2. The minimum absolute atomic E-state index is 0.0719. The van der Waals surface area contributed by atoms with E-state index >= 15 is 0 Å². The van der Waals surface area contributed by atoms with E-state index in [4.69, 9.17) is 9.47 Å². The molecule has 21 heavy (non-hydrogen) atoms. The smallest absolute Gasteiger partial charge is 0.264 e. The average Bonchev–Trinajstić information content (AvgIpc) is 3.34. The molecule has 0 bridgehead atoms. The first kappa shape index (κ1) is 13.1. The molecule has 0 atom stereocenters. The molecule has 6 heteroatoms. The highest BCUT2D eigenvalue weighted by atomic mass is 127. The highest BCUT2D eigenvalue weighted by Gasteiger charge is 2.29. The lowest BCUT2D eigenvalue weighted by Crippen LogP contribution is -2.17. The van der Waals surface area contributed by atoms with Crippen molar-refractivity contribution < 1.29 is 9.47 Å². The minimum Gasteiger partial charge on any atom is -0.486 e. The summed E-state index contributed by atoms with van der Waals surface area (Å²) in [6.45, 7) is 1.11. The maximum absolute atomic E-state index is 12.1. The Hall–Kier alpha value is -1.57. The van der Waals surface area contributed by atoms with Crippen LogP contribution in [-0.2, 0) is 0 Å². The summed E-state index contributed by atoms with van der Waals surface area (Å²) in [5.41, 5.74) is 1.69. The van der Waals surface area contributed by atoms with E-state index in [9.17, 15) is 4.79 Å². The number of halogens is 1. The van der Waals surface area contributed by atoms with Crippen molar-refractivity contribution in [2.45, 2.75) is 18.8 Å². The summed E-state index contributed by atoms with van der Waals surface area (Å²) < 4.78 is 11.8. The van der Waals surface area contributed by atoms with Gasteiger partial charge in [-0.15, -0.1) is 0 Å². The van der Waals surface area contributed by atoms with E-state index in [1.165, 1.54) is 0 Å². The van der Waals surface area contributed by atoms with Crippen molar-refractivity contribution >= 4 is 22.6 Å². The second-order valence-corrected chi connectivity index (χ2v) is 6.33. The van der Waals surface area contributed by atoms with Gasteiger partial charge in [0.15, 0.2) is 11.5 Å². The molecule has 0 radical (unpaired) electrons. The van der Waals surface area contributed by atoms with Crippen molar-refractivity contribution in [1.29, 1.82) is 0 Å². The molecule has 2 aliphatic rings. The van der Waals surface area contributed by atoms with Gasteiger partial charge in [-0.3, -0.25) is 4.79 Å². The Labute approximate surface area is 134 Å². The first-order valence-electron chi connectivity index (χ1n) is 6.92. The maximum atomic E-state index is 12.1. The predicted molar refractivity (Wildman–Crippen MR) is 86.0 cm³/mol. The molecule has 1 saturated carbocycles. The number of hydrogen-bond donors (Lipinski definition) is 1. The normalized spacial score (nSPS) is 16.8. The fourth-order valence-electron chi connectivity index (χ4n) is 2.43. The van der Waals surface area contributed by atoms with Gasteiger partial charge in [0.2, 0.25) is 0 Å². The van der Waals surface area contributed by atoms with Crippen LogP contribution in [0.25, 0.3) is 11.4 Å². The molecule has 0 amide bonds. The molecule has 1 aromatic carbocycles. The predicted octanol–water partition coefficient (Wildman–Crippen LogP) is 2.69. The molecule has 2 heterocycles. The molecule has 4 rings (SSSR count). The van der Waals surface area contributed by atoms with Crippen LogP contribution in [0, 0.1) is 3.57 Å². The van der Waals surface area contributed by atoms with E-state index in [0.717, 1.165) is 29.8 Å². The summed E-state index contributed by atoms with van der Waals surface area (Å²) in [4.78, 5) is 19.6. The second-order valence-electron chi connectivity index (χ2n) is 5.25. The van der Waals surface area contributed by atoms with Crippen LogP contribution < -0.4 is 15.0 Å².